The zero-order chi connectivity index (χ0) is 16.5. The Kier molecular flexibility index (Phi) is 4.81. The lowest BCUT2D eigenvalue weighted by Crippen LogP contribution is -2.30. The number of fused-ring (bicyclic) bond motifs is 1. The van der Waals surface area contributed by atoms with Gasteiger partial charge in [0.15, 0.2) is 0 Å². The van der Waals surface area contributed by atoms with Crippen molar-refractivity contribution in [2.24, 2.45) is 0 Å². The number of benzene rings is 1. The van der Waals surface area contributed by atoms with Crippen molar-refractivity contribution in [1.82, 2.24) is 14.7 Å². The van der Waals surface area contributed by atoms with Crippen molar-refractivity contribution in [3.05, 3.63) is 39.1 Å². The van der Waals surface area contributed by atoms with Crippen LogP contribution in [0.3, 0.4) is 0 Å². The highest BCUT2D eigenvalue weighted by molar-refractivity contribution is 14.1. The Labute approximate surface area is 157 Å². The standard InChI is InChI=1S/C19H25IN4/c1-23-13-5-3-7-17(23)18-16-6-2-4-12-21-19(16)24(22-18)15-10-8-14(20)9-11-15/h8-11,17,21H,2-7,12-13H2,1H3. The van der Waals surface area contributed by atoms with E-state index in [1.54, 1.807) is 0 Å². The molecule has 1 fully saturated rings. The summed E-state index contributed by atoms with van der Waals surface area (Å²) >= 11 is 2.36. The predicted octanol–water partition coefficient (Wildman–Crippen LogP) is 4.38. The summed E-state index contributed by atoms with van der Waals surface area (Å²) in [6.45, 7) is 2.23. The van der Waals surface area contributed by atoms with Crippen LogP contribution >= 0.6 is 22.6 Å². The monoisotopic (exact) mass is 436 g/mol. The molecule has 2 aromatic rings. The van der Waals surface area contributed by atoms with Crippen molar-refractivity contribution in [2.75, 3.05) is 25.5 Å². The number of nitrogens with zero attached hydrogens (tertiary/aromatic N) is 3. The van der Waals surface area contributed by atoms with Gasteiger partial charge < -0.3 is 5.32 Å². The molecule has 0 radical (unpaired) electrons. The van der Waals surface area contributed by atoms with Crippen LogP contribution in [0.4, 0.5) is 5.82 Å². The number of likely N-dealkylation sites (tertiary alicyclic amines) is 1. The van der Waals surface area contributed by atoms with Crippen molar-refractivity contribution < 1.29 is 0 Å². The Morgan fingerprint density at radius 3 is 2.75 bits per heavy atom. The Bertz CT molecular complexity index is 707. The average molecular weight is 436 g/mol. The zero-order valence-electron chi connectivity index (χ0n) is 14.3. The van der Waals surface area contributed by atoms with Gasteiger partial charge in [-0.3, -0.25) is 4.90 Å². The van der Waals surface area contributed by atoms with Gasteiger partial charge in [-0.2, -0.15) is 5.10 Å². The first-order valence-electron chi connectivity index (χ1n) is 9.06. The molecule has 4 rings (SSSR count). The maximum Gasteiger partial charge on any atom is 0.133 e. The van der Waals surface area contributed by atoms with Crippen LogP contribution in [0.25, 0.3) is 5.69 Å². The Hall–Kier alpha value is -1.08. The summed E-state index contributed by atoms with van der Waals surface area (Å²) in [5, 5.41) is 8.78. The van der Waals surface area contributed by atoms with Gasteiger partial charge in [0.2, 0.25) is 0 Å². The SMILES string of the molecule is CN1CCCCC1c1nn(-c2ccc(I)cc2)c2c1CCCCN2. The zero-order valence-corrected chi connectivity index (χ0v) is 16.4. The van der Waals surface area contributed by atoms with Crippen LogP contribution in [0, 0.1) is 3.57 Å². The molecule has 0 bridgehead atoms. The number of halogens is 1. The van der Waals surface area contributed by atoms with Crippen LogP contribution in [-0.4, -0.2) is 34.8 Å². The van der Waals surface area contributed by atoms with E-state index >= 15 is 0 Å². The second kappa shape index (κ2) is 7.04. The van der Waals surface area contributed by atoms with Crippen LogP contribution in [0.15, 0.2) is 24.3 Å². The lowest BCUT2D eigenvalue weighted by atomic mass is 9.96. The van der Waals surface area contributed by atoms with Crippen molar-refractivity contribution in [1.29, 1.82) is 0 Å². The average Bonchev–Trinajstić information content (AvgIpc) is 2.78. The number of piperidine rings is 1. The number of rotatable bonds is 2. The Morgan fingerprint density at radius 1 is 1.12 bits per heavy atom. The first-order valence-corrected chi connectivity index (χ1v) is 10.1. The third kappa shape index (κ3) is 3.08. The fourth-order valence-corrected chi connectivity index (χ4v) is 4.35. The molecule has 128 valence electrons. The van der Waals surface area contributed by atoms with Gasteiger partial charge in [0.1, 0.15) is 5.82 Å². The van der Waals surface area contributed by atoms with Gasteiger partial charge in [-0.15, -0.1) is 0 Å². The van der Waals surface area contributed by atoms with Gasteiger partial charge in [-0.05, 0) is 92.6 Å². The molecular formula is C19H25IN4. The van der Waals surface area contributed by atoms with Crippen molar-refractivity contribution in [3.63, 3.8) is 0 Å². The molecule has 1 unspecified atom stereocenters. The highest BCUT2D eigenvalue weighted by Gasteiger charge is 2.29. The van der Waals surface area contributed by atoms with Crippen molar-refractivity contribution in [2.45, 2.75) is 44.6 Å². The molecule has 0 spiro atoms. The van der Waals surface area contributed by atoms with E-state index < -0.39 is 0 Å². The van der Waals surface area contributed by atoms with Gasteiger partial charge in [0, 0.05) is 15.7 Å². The molecule has 1 aromatic heterocycles. The number of hydrogen-bond donors (Lipinski definition) is 1. The maximum atomic E-state index is 5.12. The third-order valence-electron chi connectivity index (χ3n) is 5.32. The van der Waals surface area contributed by atoms with Crippen LogP contribution in [0.2, 0.25) is 0 Å². The normalized spacial score (nSPS) is 21.8. The van der Waals surface area contributed by atoms with E-state index in [-0.39, 0.29) is 0 Å². The second-order valence-corrected chi connectivity index (χ2v) is 8.22. The summed E-state index contributed by atoms with van der Waals surface area (Å²) in [6.07, 6.45) is 7.49. The summed E-state index contributed by atoms with van der Waals surface area (Å²) in [7, 11) is 2.25. The van der Waals surface area contributed by atoms with E-state index in [0.29, 0.717) is 6.04 Å². The highest BCUT2D eigenvalue weighted by Crippen LogP contribution is 2.36. The fraction of sp³-hybridized carbons (Fsp3) is 0.526. The van der Waals surface area contributed by atoms with E-state index in [4.69, 9.17) is 5.10 Å². The molecule has 1 N–H and O–H groups in total. The number of hydrogen-bond acceptors (Lipinski definition) is 3. The molecule has 2 aliphatic rings. The molecule has 4 nitrogen and oxygen atoms in total. The topological polar surface area (TPSA) is 33.1 Å². The van der Waals surface area contributed by atoms with Crippen LogP contribution in [-0.2, 0) is 6.42 Å². The molecule has 5 heteroatoms. The van der Waals surface area contributed by atoms with Gasteiger partial charge in [0.25, 0.3) is 0 Å². The number of nitrogens with one attached hydrogen (secondary N) is 1. The minimum absolute atomic E-state index is 0.470. The van der Waals surface area contributed by atoms with E-state index in [2.05, 4.69) is 68.8 Å². The van der Waals surface area contributed by atoms with Crippen molar-refractivity contribution >= 4 is 28.4 Å². The molecule has 1 atom stereocenters. The Morgan fingerprint density at radius 2 is 1.96 bits per heavy atom. The first kappa shape index (κ1) is 16.4. The van der Waals surface area contributed by atoms with E-state index in [9.17, 15) is 0 Å². The maximum absolute atomic E-state index is 5.12. The largest absolute Gasteiger partial charge is 0.370 e. The lowest BCUT2D eigenvalue weighted by molar-refractivity contribution is 0.182. The minimum Gasteiger partial charge on any atom is -0.370 e. The molecule has 24 heavy (non-hydrogen) atoms. The van der Waals surface area contributed by atoms with Crippen LogP contribution < -0.4 is 5.32 Å². The first-order chi connectivity index (χ1) is 11.7. The van der Waals surface area contributed by atoms with E-state index in [1.165, 1.54) is 59.3 Å². The van der Waals surface area contributed by atoms with Gasteiger partial charge in [-0.1, -0.05) is 6.42 Å². The molecule has 3 heterocycles. The number of aromatic nitrogens is 2. The summed E-state index contributed by atoms with van der Waals surface area (Å²) in [6, 6.07) is 9.14. The van der Waals surface area contributed by atoms with Gasteiger partial charge in [-0.25, -0.2) is 4.68 Å². The summed E-state index contributed by atoms with van der Waals surface area (Å²) in [4.78, 5) is 2.50. The summed E-state index contributed by atoms with van der Waals surface area (Å²) in [5.74, 6) is 1.22. The third-order valence-corrected chi connectivity index (χ3v) is 6.04. The molecule has 1 saturated heterocycles. The second-order valence-electron chi connectivity index (χ2n) is 6.98. The predicted molar refractivity (Wildman–Crippen MR) is 107 cm³/mol. The summed E-state index contributed by atoms with van der Waals surface area (Å²) in [5.41, 5.74) is 3.91. The van der Waals surface area contributed by atoms with Crippen LogP contribution in [0.1, 0.15) is 49.4 Å². The molecule has 0 aliphatic carbocycles. The van der Waals surface area contributed by atoms with E-state index in [0.717, 1.165) is 18.7 Å². The molecule has 1 aromatic carbocycles. The molecule has 0 amide bonds. The fourth-order valence-electron chi connectivity index (χ4n) is 3.99. The lowest BCUT2D eigenvalue weighted by Gasteiger charge is -2.31. The van der Waals surface area contributed by atoms with Gasteiger partial charge >= 0.3 is 0 Å². The number of anilines is 1. The molecule has 0 saturated carbocycles. The van der Waals surface area contributed by atoms with Gasteiger partial charge in [0.05, 0.1) is 17.4 Å². The molecule has 2 aliphatic heterocycles. The summed E-state index contributed by atoms with van der Waals surface area (Å²) < 4.78 is 3.41. The molecular weight excluding hydrogens is 411 g/mol. The van der Waals surface area contributed by atoms with Crippen LogP contribution in [0.5, 0.6) is 0 Å². The van der Waals surface area contributed by atoms with Crippen molar-refractivity contribution in [3.8, 4) is 5.69 Å². The Balaban J connectivity index is 1.80. The minimum atomic E-state index is 0.470. The quantitative estimate of drug-likeness (QED) is 0.710. The highest BCUT2D eigenvalue weighted by atomic mass is 127. The van der Waals surface area contributed by atoms with E-state index in [1.807, 2.05) is 0 Å². The smallest absolute Gasteiger partial charge is 0.133 e.